The van der Waals surface area contributed by atoms with Gasteiger partial charge in [0.1, 0.15) is 11.3 Å². The van der Waals surface area contributed by atoms with Gasteiger partial charge in [0.2, 0.25) is 0 Å². The van der Waals surface area contributed by atoms with Crippen molar-refractivity contribution in [3.63, 3.8) is 0 Å². The van der Waals surface area contributed by atoms with E-state index in [0.29, 0.717) is 6.04 Å². The normalized spacial score (nSPS) is 15.2. The average Bonchev–Trinajstić information content (AvgIpc) is 2.79. The Kier molecular flexibility index (Phi) is 3.92. The summed E-state index contributed by atoms with van der Waals surface area (Å²) in [7, 11) is 1.96. The van der Waals surface area contributed by atoms with E-state index in [2.05, 4.69) is 27.8 Å². The number of hydrogen-bond acceptors (Lipinski definition) is 3. The van der Waals surface area contributed by atoms with Gasteiger partial charge in [-0.25, -0.2) is 4.98 Å². The van der Waals surface area contributed by atoms with Gasteiger partial charge in [-0.2, -0.15) is 16.9 Å². The summed E-state index contributed by atoms with van der Waals surface area (Å²) in [6, 6.07) is 0.357. The maximum absolute atomic E-state index is 6.27. The van der Waals surface area contributed by atoms with Crippen LogP contribution in [0.5, 0.6) is 0 Å². The zero-order chi connectivity index (χ0) is 13.4. The first kappa shape index (κ1) is 13.7. The molecule has 0 aliphatic heterocycles. The van der Waals surface area contributed by atoms with Crippen LogP contribution in [0.15, 0.2) is 0 Å². The lowest BCUT2D eigenvalue weighted by Crippen LogP contribution is -2.14. The lowest BCUT2D eigenvalue weighted by atomic mass is 10.3. The Morgan fingerprint density at radius 1 is 1.39 bits per heavy atom. The quantitative estimate of drug-likeness (QED) is 0.809. The Balaban J connectivity index is 2.68. The highest BCUT2D eigenvalue weighted by molar-refractivity contribution is 7.98. The Labute approximate surface area is 117 Å². The van der Waals surface area contributed by atoms with Gasteiger partial charge < -0.3 is 4.57 Å². The number of aromatic nitrogens is 4. The first-order chi connectivity index (χ1) is 8.47. The van der Waals surface area contributed by atoms with Crippen LogP contribution in [0.25, 0.3) is 11.2 Å². The standard InChI is InChI=1S/C12H19ClN4S/c1-7(6-18-5)17-11(8(2)13)14-10-9(3)15-16(4)12(10)17/h7-8H,6H2,1-5H3. The van der Waals surface area contributed by atoms with Crippen molar-refractivity contribution in [1.29, 1.82) is 0 Å². The van der Waals surface area contributed by atoms with Gasteiger partial charge in [-0.3, -0.25) is 4.68 Å². The van der Waals surface area contributed by atoms with Crippen LogP contribution in [0, 0.1) is 6.92 Å². The van der Waals surface area contributed by atoms with Crippen molar-refractivity contribution in [3.05, 3.63) is 11.5 Å². The van der Waals surface area contributed by atoms with Crippen molar-refractivity contribution < 1.29 is 0 Å². The molecule has 0 aliphatic rings. The van der Waals surface area contributed by atoms with E-state index in [1.54, 1.807) is 0 Å². The Morgan fingerprint density at radius 3 is 2.61 bits per heavy atom. The summed E-state index contributed by atoms with van der Waals surface area (Å²) in [5.74, 6) is 1.97. The molecule has 0 bridgehead atoms. The molecule has 2 unspecified atom stereocenters. The van der Waals surface area contributed by atoms with Crippen molar-refractivity contribution in [1.82, 2.24) is 19.3 Å². The van der Waals surface area contributed by atoms with Gasteiger partial charge >= 0.3 is 0 Å². The Bertz CT molecular complexity index is 558. The number of halogens is 1. The summed E-state index contributed by atoms with van der Waals surface area (Å²) in [4.78, 5) is 4.67. The van der Waals surface area contributed by atoms with Crippen molar-refractivity contribution >= 4 is 34.5 Å². The summed E-state index contributed by atoms with van der Waals surface area (Å²) in [5, 5.41) is 4.34. The summed E-state index contributed by atoms with van der Waals surface area (Å²) in [6.45, 7) is 6.15. The molecule has 2 rings (SSSR count). The van der Waals surface area contributed by atoms with Crippen LogP contribution < -0.4 is 0 Å². The molecule has 2 atom stereocenters. The monoisotopic (exact) mass is 286 g/mol. The highest BCUT2D eigenvalue weighted by atomic mass is 35.5. The second-order valence-corrected chi connectivity index (χ2v) is 6.21. The van der Waals surface area contributed by atoms with E-state index < -0.39 is 0 Å². The first-order valence-corrected chi connectivity index (χ1v) is 7.84. The minimum atomic E-state index is -0.0962. The number of imidazole rings is 1. The second-order valence-electron chi connectivity index (χ2n) is 4.64. The Hall–Kier alpha value is -0.680. The number of nitrogens with zero attached hydrogens (tertiary/aromatic N) is 4. The predicted molar refractivity (Wildman–Crippen MR) is 78.6 cm³/mol. The molecule has 0 radical (unpaired) electrons. The zero-order valence-corrected chi connectivity index (χ0v) is 13.0. The van der Waals surface area contributed by atoms with Crippen LogP contribution in [0.2, 0.25) is 0 Å². The van der Waals surface area contributed by atoms with E-state index in [0.717, 1.165) is 28.4 Å². The van der Waals surface area contributed by atoms with Crippen LogP contribution in [0.4, 0.5) is 0 Å². The van der Waals surface area contributed by atoms with Crippen molar-refractivity contribution in [2.75, 3.05) is 12.0 Å². The third-order valence-electron chi connectivity index (χ3n) is 3.07. The second kappa shape index (κ2) is 5.13. The molecule has 4 nitrogen and oxygen atoms in total. The van der Waals surface area contributed by atoms with Gasteiger partial charge in [0.15, 0.2) is 5.65 Å². The highest BCUT2D eigenvalue weighted by Gasteiger charge is 2.22. The minimum absolute atomic E-state index is 0.0962. The zero-order valence-electron chi connectivity index (χ0n) is 11.4. The molecule has 2 aromatic rings. The molecule has 0 aromatic carbocycles. The molecule has 2 aromatic heterocycles. The fourth-order valence-electron chi connectivity index (χ4n) is 2.34. The van der Waals surface area contributed by atoms with Gasteiger partial charge in [-0.1, -0.05) is 0 Å². The predicted octanol–water partition coefficient (Wildman–Crippen LogP) is 3.30. The summed E-state index contributed by atoms with van der Waals surface area (Å²) in [6.07, 6.45) is 2.11. The fraction of sp³-hybridized carbons (Fsp3) is 0.667. The number of fused-ring (bicyclic) bond motifs is 1. The van der Waals surface area contributed by atoms with E-state index >= 15 is 0 Å². The third kappa shape index (κ3) is 2.14. The number of hydrogen-bond donors (Lipinski definition) is 0. The first-order valence-electron chi connectivity index (χ1n) is 6.01. The van der Waals surface area contributed by atoms with Crippen LogP contribution in [-0.2, 0) is 7.05 Å². The topological polar surface area (TPSA) is 35.6 Å². The Morgan fingerprint density at radius 2 is 2.06 bits per heavy atom. The number of alkyl halides is 1. The minimum Gasteiger partial charge on any atom is -0.308 e. The largest absolute Gasteiger partial charge is 0.308 e. The molecule has 2 heterocycles. The smallest absolute Gasteiger partial charge is 0.158 e. The van der Waals surface area contributed by atoms with E-state index in [1.165, 1.54) is 0 Å². The van der Waals surface area contributed by atoms with Crippen molar-refractivity contribution in [2.45, 2.75) is 32.2 Å². The molecule has 0 N–H and O–H groups in total. The van der Waals surface area contributed by atoms with E-state index in [9.17, 15) is 0 Å². The molecule has 100 valence electrons. The molecular formula is C12H19ClN4S. The molecule has 0 fully saturated rings. The summed E-state index contributed by atoms with van der Waals surface area (Å²) < 4.78 is 4.13. The van der Waals surface area contributed by atoms with Crippen LogP contribution >= 0.6 is 23.4 Å². The van der Waals surface area contributed by atoms with Gasteiger partial charge in [0.05, 0.1) is 11.1 Å². The van der Waals surface area contributed by atoms with Crippen molar-refractivity contribution in [2.24, 2.45) is 7.05 Å². The average molecular weight is 287 g/mol. The number of thioether (sulfide) groups is 1. The SMILES string of the molecule is CSCC(C)n1c(C(C)Cl)nc2c(C)nn(C)c21. The number of aryl methyl sites for hydroxylation is 2. The molecule has 18 heavy (non-hydrogen) atoms. The van der Waals surface area contributed by atoms with Crippen LogP contribution in [0.3, 0.4) is 0 Å². The molecule has 0 spiro atoms. The lowest BCUT2D eigenvalue weighted by Gasteiger charge is -2.17. The fourth-order valence-corrected chi connectivity index (χ4v) is 3.13. The molecule has 0 saturated carbocycles. The van der Waals surface area contributed by atoms with Crippen molar-refractivity contribution in [3.8, 4) is 0 Å². The highest BCUT2D eigenvalue weighted by Crippen LogP contribution is 2.30. The van der Waals surface area contributed by atoms with Gasteiger partial charge in [0, 0.05) is 18.8 Å². The summed E-state index contributed by atoms with van der Waals surface area (Å²) >= 11 is 8.09. The molecule has 6 heteroatoms. The number of rotatable bonds is 4. The van der Waals surface area contributed by atoms with Crippen LogP contribution in [0.1, 0.15) is 36.8 Å². The molecule has 0 aliphatic carbocycles. The van der Waals surface area contributed by atoms with E-state index in [4.69, 9.17) is 11.6 Å². The maximum Gasteiger partial charge on any atom is 0.158 e. The molecule has 0 saturated heterocycles. The van der Waals surface area contributed by atoms with Crippen LogP contribution in [-0.4, -0.2) is 31.3 Å². The third-order valence-corrected chi connectivity index (χ3v) is 4.08. The maximum atomic E-state index is 6.27. The lowest BCUT2D eigenvalue weighted by molar-refractivity contribution is 0.573. The van der Waals surface area contributed by atoms with Gasteiger partial charge in [-0.15, -0.1) is 11.6 Å². The van der Waals surface area contributed by atoms with E-state index in [1.807, 2.05) is 37.3 Å². The summed E-state index contributed by atoms with van der Waals surface area (Å²) in [5.41, 5.74) is 2.99. The van der Waals surface area contributed by atoms with Gasteiger partial charge in [-0.05, 0) is 27.0 Å². The van der Waals surface area contributed by atoms with Gasteiger partial charge in [0.25, 0.3) is 0 Å². The van der Waals surface area contributed by atoms with E-state index in [-0.39, 0.29) is 5.38 Å². The molecular weight excluding hydrogens is 268 g/mol. The molecule has 0 amide bonds.